The number of benzene rings is 2. The van der Waals surface area contributed by atoms with E-state index in [2.05, 4.69) is 10.6 Å². The van der Waals surface area contributed by atoms with Crippen LogP contribution in [0.1, 0.15) is 28.8 Å². The van der Waals surface area contributed by atoms with Gasteiger partial charge in [0.15, 0.2) is 0 Å². The van der Waals surface area contributed by atoms with Gasteiger partial charge in [0.25, 0.3) is 5.91 Å². The molecule has 1 fully saturated rings. The van der Waals surface area contributed by atoms with Gasteiger partial charge < -0.3 is 20.1 Å². The van der Waals surface area contributed by atoms with Gasteiger partial charge in [-0.2, -0.15) is 0 Å². The number of hydrogen-bond donors (Lipinski definition) is 2. The minimum Gasteiger partial charge on any atom is -0.496 e. The monoisotopic (exact) mass is 380 g/mol. The SMILES string of the molecule is COc1ccccc1/C=C/C(=O)Nc1ccccc1C(=O)NC[C@@H]1CCCO1. The first kappa shape index (κ1) is 19.6. The molecule has 0 aliphatic carbocycles. The van der Waals surface area contributed by atoms with Crippen LogP contribution in [0.25, 0.3) is 6.08 Å². The normalized spacial score (nSPS) is 16.1. The lowest BCUT2D eigenvalue weighted by Gasteiger charge is -2.13. The molecule has 0 bridgehead atoms. The third kappa shape index (κ3) is 5.20. The highest BCUT2D eigenvalue weighted by Gasteiger charge is 2.18. The van der Waals surface area contributed by atoms with Crippen LogP contribution in [0.3, 0.4) is 0 Å². The molecule has 1 heterocycles. The smallest absolute Gasteiger partial charge is 0.253 e. The Labute approximate surface area is 164 Å². The first-order chi connectivity index (χ1) is 13.7. The van der Waals surface area contributed by atoms with E-state index in [0.717, 1.165) is 25.0 Å². The second kappa shape index (κ2) is 9.71. The molecule has 0 unspecified atom stereocenters. The number of methoxy groups -OCH3 is 1. The summed E-state index contributed by atoms with van der Waals surface area (Å²) >= 11 is 0. The highest BCUT2D eigenvalue weighted by atomic mass is 16.5. The van der Waals surface area contributed by atoms with E-state index in [1.165, 1.54) is 6.08 Å². The van der Waals surface area contributed by atoms with Gasteiger partial charge in [-0.15, -0.1) is 0 Å². The van der Waals surface area contributed by atoms with Crippen LogP contribution in [-0.2, 0) is 9.53 Å². The second-order valence-electron chi connectivity index (χ2n) is 6.46. The average molecular weight is 380 g/mol. The molecule has 1 aliphatic rings. The standard InChI is InChI=1S/C22H24N2O4/c1-27-20-11-5-2-7-16(20)12-13-21(25)24-19-10-4-3-9-18(19)22(26)23-15-17-8-6-14-28-17/h2-5,7,9-13,17H,6,8,14-15H2,1H3,(H,23,26)(H,24,25)/b13-12+/t17-/m0/s1. The second-order valence-corrected chi connectivity index (χ2v) is 6.46. The third-order valence-corrected chi connectivity index (χ3v) is 4.50. The van der Waals surface area contributed by atoms with Crippen LogP contribution in [0.2, 0.25) is 0 Å². The van der Waals surface area contributed by atoms with Crippen molar-refractivity contribution in [1.29, 1.82) is 0 Å². The number of hydrogen-bond acceptors (Lipinski definition) is 4. The minimum absolute atomic E-state index is 0.0643. The van der Waals surface area contributed by atoms with Crippen molar-refractivity contribution in [2.75, 3.05) is 25.6 Å². The van der Waals surface area contributed by atoms with Crippen LogP contribution in [0.5, 0.6) is 5.75 Å². The molecular weight excluding hydrogens is 356 g/mol. The minimum atomic E-state index is -0.328. The van der Waals surface area contributed by atoms with Crippen molar-refractivity contribution in [3.63, 3.8) is 0 Å². The Morgan fingerprint density at radius 3 is 2.75 bits per heavy atom. The number of nitrogens with one attached hydrogen (secondary N) is 2. The van der Waals surface area contributed by atoms with E-state index >= 15 is 0 Å². The molecule has 2 amide bonds. The van der Waals surface area contributed by atoms with E-state index in [1.807, 2.05) is 24.3 Å². The van der Waals surface area contributed by atoms with Gasteiger partial charge in [0.2, 0.25) is 5.91 Å². The van der Waals surface area contributed by atoms with E-state index in [4.69, 9.17) is 9.47 Å². The summed E-state index contributed by atoms with van der Waals surface area (Å²) in [6, 6.07) is 14.3. The van der Waals surface area contributed by atoms with Crippen molar-refractivity contribution in [3.8, 4) is 5.75 Å². The fourth-order valence-corrected chi connectivity index (χ4v) is 3.04. The predicted octanol–water partition coefficient (Wildman–Crippen LogP) is 3.26. The van der Waals surface area contributed by atoms with Gasteiger partial charge in [-0.1, -0.05) is 30.3 Å². The van der Waals surface area contributed by atoms with Crippen molar-refractivity contribution in [3.05, 3.63) is 65.7 Å². The lowest BCUT2D eigenvalue weighted by atomic mass is 10.1. The Bertz CT molecular complexity index is 857. The third-order valence-electron chi connectivity index (χ3n) is 4.50. The molecule has 2 N–H and O–H groups in total. The van der Waals surface area contributed by atoms with Crippen molar-refractivity contribution < 1.29 is 19.1 Å². The van der Waals surface area contributed by atoms with Gasteiger partial charge in [-0.05, 0) is 37.1 Å². The Kier molecular flexibility index (Phi) is 6.81. The van der Waals surface area contributed by atoms with Crippen molar-refractivity contribution in [1.82, 2.24) is 5.32 Å². The summed E-state index contributed by atoms with van der Waals surface area (Å²) < 4.78 is 10.8. The molecule has 28 heavy (non-hydrogen) atoms. The lowest BCUT2D eigenvalue weighted by Crippen LogP contribution is -2.32. The fraction of sp³-hybridized carbons (Fsp3) is 0.273. The molecule has 6 nitrogen and oxygen atoms in total. The van der Waals surface area contributed by atoms with Crippen molar-refractivity contribution >= 4 is 23.6 Å². The fourth-order valence-electron chi connectivity index (χ4n) is 3.04. The lowest BCUT2D eigenvalue weighted by molar-refractivity contribution is -0.111. The van der Waals surface area contributed by atoms with Crippen LogP contribution < -0.4 is 15.4 Å². The van der Waals surface area contributed by atoms with E-state index < -0.39 is 0 Å². The van der Waals surface area contributed by atoms with Crippen LogP contribution in [0.4, 0.5) is 5.69 Å². The number of ether oxygens (including phenoxy) is 2. The van der Waals surface area contributed by atoms with E-state index in [1.54, 1.807) is 37.5 Å². The first-order valence-corrected chi connectivity index (χ1v) is 9.28. The summed E-state index contributed by atoms with van der Waals surface area (Å²) in [6.45, 7) is 1.21. The summed E-state index contributed by atoms with van der Waals surface area (Å²) in [4.78, 5) is 24.9. The first-order valence-electron chi connectivity index (χ1n) is 9.28. The van der Waals surface area contributed by atoms with Crippen LogP contribution in [-0.4, -0.2) is 38.2 Å². The van der Waals surface area contributed by atoms with Crippen LogP contribution in [0.15, 0.2) is 54.6 Å². The van der Waals surface area contributed by atoms with E-state index in [9.17, 15) is 9.59 Å². The van der Waals surface area contributed by atoms with Gasteiger partial charge in [0.05, 0.1) is 24.5 Å². The zero-order valence-electron chi connectivity index (χ0n) is 15.8. The summed E-state index contributed by atoms with van der Waals surface area (Å²) in [7, 11) is 1.58. The van der Waals surface area contributed by atoms with Gasteiger partial charge in [0.1, 0.15) is 5.75 Å². The Morgan fingerprint density at radius 2 is 1.96 bits per heavy atom. The topological polar surface area (TPSA) is 76.7 Å². The van der Waals surface area contributed by atoms with Gasteiger partial charge in [0, 0.05) is 24.8 Å². The molecule has 1 saturated heterocycles. The molecule has 6 heteroatoms. The number of rotatable bonds is 7. The quantitative estimate of drug-likeness (QED) is 0.723. The average Bonchev–Trinajstić information content (AvgIpc) is 3.25. The van der Waals surface area contributed by atoms with Crippen LogP contribution >= 0.6 is 0 Å². The maximum absolute atomic E-state index is 12.5. The molecule has 2 aromatic rings. The zero-order chi connectivity index (χ0) is 19.8. The highest BCUT2D eigenvalue weighted by molar-refractivity contribution is 6.07. The summed E-state index contributed by atoms with van der Waals surface area (Å²) in [6.07, 6.45) is 5.13. The largest absolute Gasteiger partial charge is 0.496 e. The molecule has 146 valence electrons. The summed E-state index contributed by atoms with van der Waals surface area (Å²) in [5.41, 5.74) is 1.67. The number of amides is 2. The van der Waals surface area contributed by atoms with Crippen molar-refractivity contribution in [2.24, 2.45) is 0 Å². The molecule has 0 saturated carbocycles. The zero-order valence-corrected chi connectivity index (χ0v) is 15.8. The number of anilines is 1. The number of carbonyl (C=O) groups is 2. The molecular formula is C22H24N2O4. The Morgan fingerprint density at radius 1 is 1.18 bits per heavy atom. The Balaban J connectivity index is 1.64. The predicted molar refractivity (Wildman–Crippen MR) is 108 cm³/mol. The highest BCUT2D eigenvalue weighted by Crippen LogP contribution is 2.19. The molecule has 0 radical (unpaired) electrons. The molecule has 0 aromatic heterocycles. The summed E-state index contributed by atoms with van der Waals surface area (Å²) in [5.74, 6) is 0.117. The van der Waals surface area contributed by atoms with E-state index in [-0.39, 0.29) is 17.9 Å². The molecule has 1 atom stereocenters. The molecule has 3 rings (SSSR count). The maximum Gasteiger partial charge on any atom is 0.253 e. The van der Waals surface area contributed by atoms with Gasteiger partial charge >= 0.3 is 0 Å². The number of para-hydroxylation sites is 2. The number of carbonyl (C=O) groups excluding carboxylic acids is 2. The van der Waals surface area contributed by atoms with Crippen molar-refractivity contribution in [2.45, 2.75) is 18.9 Å². The Hall–Kier alpha value is -3.12. The molecule has 1 aliphatic heterocycles. The van der Waals surface area contributed by atoms with E-state index in [0.29, 0.717) is 23.5 Å². The molecule has 2 aromatic carbocycles. The van der Waals surface area contributed by atoms with Crippen LogP contribution in [0, 0.1) is 0 Å². The van der Waals surface area contributed by atoms with Gasteiger partial charge in [-0.25, -0.2) is 0 Å². The summed E-state index contributed by atoms with van der Waals surface area (Å²) in [5, 5.41) is 5.65. The molecule has 0 spiro atoms. The maximum atomic E-state index is 12.5. The van der Waals surface area contributed by atoms with Gasteiger partial charge in [-0.3, -0.25) is 9.59 Å².